The summed E-state index contributed by atoms with van der Waals surface area (Å²) >= 11 is 4.41. The van der Waals surface area contributed by atoms with Gasteiger partial charge in [-0.15, -0.1) is 12.6 Å². The zero-order chi connectivity index (χ0) is 9.40. The third-order valence-electron chi connectivity index (χ3n) is 2.23. The van der Waals surface area contributed by atoms with Gasteiger partial charge >= 0.3 is 0 Å². The summed E-state index contributed by atoms with van der Waals surface area (Å²) in [5, 5.41) is 0. The van der Waals surface area contributed by atoms with Gasteiger partial charge in [0.2, 0.25) is 0 Å². The highest BCUT2D eigenvalue weighted by atomic mass is 32.1. The van der Waals surface area contributed by atoms with E-state index in [-0.39, 0.29) is 5.44 Å². The Hall–Kier alpha value is 0.310. The lowest BCUT2D eigenvalue weighted by atomic mass is 9.98. The number of thiol groups is 1. The summed E-state index contributed by atoms with van der Waals surface area (Å²) in [6.45, 7) is 4.44. The molecular weight excluding hydrogens is 168 g/mol. The first-order valence-electron chi connectivity index (χ1n) is 4.97. The lowest BCUT2D eigenvalue weighted by molar-refractivity contribution is 0.114. The number of hydrogen-bond donors (Lipinski definition) is 1. The Balaban J connectivity index is 3.68. The van der Waals surface area contributed by atoms with Gasteiger partial charge < -0.3 is 4.74 Å². The molecule has 0 aromatic carbocycles. The zero-order valence-electron chi connectivity index (χ0n) is 8.55. The lowest BCUT2D eigenvalue weighted by Crippen LogP contribution is -2.16. The molecule has 2 atom stereocenters. The first kappa shape index (κ1) is 12.3. The van der Waals surface area contributed by atoms with E-state index in [1.165, 1.54) is 32.1 Å². The number of methoxy groups -OCH3 is 1. The van der Waals surface area contributed by atoms with Crippen molar-refractivity contribution in [2.24, 2.45) is 5.92 Å². The van der Waals surface area contributed by atoms with Crippen molar-refractivity contribution < 1.29 is 4.74 Å². The number of hydrogen-bond acceptors (Lipinski definition) is 2. The summed E-state index contributed by atoms with van der Waals surface area (Å²) in [7, 11) is 1.74. The van der Waals surface area contributed by atoms with Gasteiger partial charge in [0, 0.05) is 7.11 Å². The van der Waals surface area contributed by atoms with Crippen LogP contribution in [0.5, 0.6) is 0 Å². The number of ether oxygens (including phenoxy) is 1. The van der Waals surface area contributed by atoms with Gasteiger partial charge in [0.15, 0.2) is 0 Å². The molecule has 0 spiro atoms. The monoisotopic (exact) mass is 190 g/mol. The predicted molar refractivity (Wildman–Crippen MR) is 57.7 cm³/mol. The van der Waals surface area contributed by atoms with Crippen LogP contribution in [0.4, 0.5) is 0 Å². The van der Waals surface area contributed by atoms with E-state index >= 15 is 0 Å². The van der Waals surface area contributed by atoms with Crippen LogP contribution in [0.3, 0.4) is 0 Å². The van der Waals surface area contributed by atoms with E-state index in [0.717, 1.165) is 0 Å². The fraction of sp³-hybridized carbons (Fsp3) is 1.00. The molecule has 0 amide bonds. The van der Waals surface area contributed by atoms with Gasteiger partial charge in [-0.2, -0.15) is 0 Å². The van der Waals surface area contributed by atoms with Crippen LogP contribution in [0.15, 0.2) is 0 Å². The lowest BCUT2D eigenvalue weighted by Gasteiger charge is -2.21. The van der Waals surface area contributed by atoms with Crippen LogP contribution in [-0.2, 0) is 4.74 Å². The molecule has 0 fully saturated rings. The second-order valence-electron chi connectivity index (χ2n) is 3.32. The van der Waals surface area contributed by atoms with Crippen molar-refractivity contribution in [3.05, 3.63) is 0 Å². The molecule has 0 aromatic rings. The van der Waals surface area contributed by atoms with Crippen molar-refractivity contribution in [2.45, 2.75) is 51.4 Å². The Labute approximate surface area is 82.3 Å². The normalized spacial score (nSPS) is 16.0. The minimum Gasteiger partial charge on any atom is -0.371 e. The van der Waals surface area contributed by atoms with Crippen LogP contribution in [0.2, 0.25) is 0 Å². The third kappa shape index (κ3) is 5.04. The molecule has 0 N–H and O–H groups in total. The Morgan fingerprint density at radius 3 is 2.25 bits per heavy atom. The molecule has 1 nitrogen and oxygen atoms in total. The first-order chi connectivity index (χ1) is 5.76. The van der Waals surface area contributed by atoms with Crippen LogP contribution in [0.1, 0.15) is 46.0 Å². The Kier molecular flexibility index (Phi) is 8.14. The van der Waals surface area contributed by atoms with E-state index in [1.54, 1.807) is 7.11 Å². The molecule has 12 heavy (non-hydrogen) atoms. The molecular formula is C10H22OS. The van der Waals surface area contributed by atoms with E-state index in [0.29, 0.717) is 5.92 Å². The molecule has 0 aliphatic rings. The van der Waals surface area contributed by atoms with Crippen molar-refractivity contribution in [3.63, 3.8) is 0 Å². The fourth-order valence-electron chi connectivity index (χ4n) is 1.46. The largest absolute Gasteiger partial charge is 0.371 e. The molecule has 0 saturated heterocycles. The van der Waals surface area contributed by atoms with Crippen LogP contribution in [-0.4, -0.2) is 12.5 Å². The van der Waals surface area contributed by atoms with Crippen molar-refractivity contribution >= 4 is 12.6 Å². The second-order valence-corrected chi connectivity index (χ2v) is 3.83. The smallest absolute Gasteiger partial charge is 0.102 e. The highest BCUT2D eigenvalue weighted by molar-refractivity contribution is 7.80. The maximum absolute atomic E-state index is 5.23. The summed E-state index contributed by atoms with van der Waals surface area (Å²) in [5.41, 5.74) is 0.136. The molecule has 0 heterocycles. The van der Waals surface area contributed by atoms with Crippen LogP contribution in [0, 0.1) is 5.92 Å². The fourth-order valence-corrected chi connectivity index (χ4v) is 1.76. The average Bonchev–Trinajstić information content (AvgIpc) is 2.11. The Bertz CT molecular complexity index is 95.8. The Morgan fingerprint density at radius 1 is 1.17 bits per heavy atom. The quantitative estimate of drug-likeness (QED) is 0.477. The SMILES string of the molecule is CCCCC(CCC)C(S)OC. The highest BCUT2D eigenvalue weighted by Gasteiger charge is 2.15. The van der Waals surface area contributed by atoms with Crippen molar-refractivity contribution in [1.29, 1.82) is 0 Å². The van der Waals surface area contributed by atoms with Gasteiger partial charge in [-0.3, -0.25) is 0 Å². The molecule has 0 bridgehead atoms. The average molecular weight is 190 g/mol. The van der Waals surface area contributed by atoms with Gasteiger partial charge in [0.25, 0.3) is 0 Å². The number of unbranched alkanes of at least 4 members (excludes halogenated alkanes) is 1. The summed E-state index contributed by atoms with van der Waals surface area (Å²) in [6.07, 6.45) is 6.29. The summed E-state index contributed by atoms with van der Waals surface area (Å²) in [6, 6.07) is 0. The molecule has 0 aliphatic heterocycles. The maximum atomic E-state index is 5.23. The molecule has 2 heteroatoms. The van der Waals surface area contributed by atoms with E-state index in [4.69, 9.17) is 4.74 Å². The van der Waals surface area contributed by atoms with Crippen LogP contribution in [0.25, 0.3) is 0 Å². The van der Waals surface area contributed by atoms with Crippen molar-refractivity contribution in [2.75, 3.05) is 7.11 Å². The summed E-state index contributed by atoms with van der Waals surface area (Å²) in [4.78, 5) is 0. The molecule has 0 aliphatic carbocycles. The first-order valence-corrected chi connectivity index (χ1v) is 5.48. The Morgan fingerprint density at radius 2 is 1.83 bits per heavy atom. The molecule has 74 valence electrons. The van der Waals surface area contributed by atoms with E-state index in [1.807, 2.05) is 0 Å². The highest BCUT2D eigenvalue weighted by Crippen LogP contribution is 2.22. The minimum atomic E-state index is 0.136. The van der Waals surface area contributed by atoms with Gasteiger partial charge in [-0.1, -0.05) is 33.1 Å². The second kappa shape index (κ2) is 7.93. The van der Waals surface area contributed by atoms with Crippen molar-refractivity contribution in [3.8, 4) is 0 Å². The van der Waals surface area contributed by atoms with Gasteiger partial charge in [0.1, 0.15) is 5.44 Å². The van der Waals surface area contributed by atoms with Gasteiger partial charge in [-0.05, 0) is 18.8 Å². The van der Waals surface area contributed by atoms with E-state index < -0.39 is 0 Å². The summed E-state index contributed by atoms with van der Waals surface area (Å²) in [5.74, 6) is 0.642. The molecule has 0 saturated carbocycles. The van der Waals surface area contributed by atoms with Crippen LogP contribution < -0.4 is 0 Å². The standard InChI is InChI=1S/C10H22OS/c1-4-6-8-9(7-5-2)10(12)11-3/h9-10,12H,4-8H2,1-3H3. The molecule has 2 unspecified atom stereocenters. The predicted octanol–water partition coefficient (Wildman–Crippen LogP) is 3.50. The maximum Gasteiger partial charge on any atom is 0.102 e. The van der Waals surface area contributed by atoms with Gasteiger partial charge in [-0.25, -0.2) is 0 Å². The van der Waals surface area contributed by atoms with Crippen molar-refractivity contribution in [1.82, 2.24) is 0 Å². The minimum absolute atomic E-state index is 0.136. The van der Waals surface area contributed by atoms with E-state index in [2.05, 4.69) is 26.5 Å². The van der Waals surface area contributed by atoms with E-state index in [9.17, 15) is 0 Å². The molecule has 0 rings (SSSR count). The third-order valence-corrected chi connectivity index (χ3v) is 2.87. The summed E-state index contributed by atoms with van der Waals surface area (Å²) < 4.78 is 5.23. The van der Waals surface area contributed by atoms with Crippen LogP contribution >= 0.6 is 12.6 Å². The molecule has 0 radical (unpaired) electrons. The molecule has 0 aromatic heterocycles. The number of rotatable bonds is 7. The van der Waals surface area contributed by atoms with Gasteiger partial charge in [0.05, 0.1) is 0 Å². The topological polar surface area (TPSA) is 9.23 Å². The zero-order valence-corrected chi connectivity index (χ0v) is 9.44.